The Morgan fingerprint density at radius 3 is 3.10 bits per heavy atom. The zero-order chi connectivity index (χ0) is 7.40. The van der Waals surface area contributed by atoms with Gasteiger partial charge in [0.25, 0.3) is 0 Å². The third kappa shape index (κ3) is 2.04. The number of aliphatic hydroxyl groups excluding tert-OH is 1. The minimum atomic E-state index is -0.260. The molecule has 10 heavy (non-hydrogen) atoms. The molecular weight excluding hydrogens is 148 g/mol. The van der Waals surface area contributed by atoms with Crippen molar-refractivity contribution in [1.82, 2.24) is 8.75 Å². The van der Waals surface area contributed by atoms with Crippen molar-refractivity contribution in [1.29, 1.82) is 0 Å². The van der Waals surface area contributed by atoms with Crippen molar-refractivity contribution >= 4 is 11.7 Å². The topological polar surface area (TPSA) is 46.0 Å². The fourth-order valence-electron chi connectivity index (χ4n) is 0.660. The van der Waals surface area contributed by atoms with Crippen LogP contribution >= 0.6 is 11.7 Å². The Balaban J connectivity index is 2.40. The Bertz CT molecular complexity index is 176. The first-order valence-corrected chi connectivity index (χ1v) is 4.00. The van der Waals surface area contributed by atoms with Gasteiger partial charge >= 0.3 is 0 Å². The summed E-state index contributed by atoms with van der Waals surface area (Å²) in [4.78, 5) is 0. The molecule has 1 atom stereocenters. The maximum Gasteiger partial charge on any atom is 0.0768 e. The van der Waals surface area contributed by atoms with E-state index in [2.05, 4.69) is 8.75 Å². The van der Waals surface area contributed by atoms with Gasteiger partial charge < -0.3 is 5.11 Å². The second kappa shape index (κ2) is 3.63. The first-order chi connectivity index (χ1) is 4.83. The van der Waals surface area contributed by atoms with Gasteiger partial charge in [-0.25, -0.2) is 0 Å². The number of rotatable bonds is 3. The van der Waals surface area contributed by atoms with Crippen LogP contribution < -0.4 is 0 Å². The molecule has 0 fully saturated rings. The zero-order valence-corrected chi connectivity index (χ0v) is 6.64. The average Bonchev–Trinajstić information content (AvgIpc) is 2.40. The number of hydrogen-bond donors (Lipinski definition) is 1. The quantitative estimate of drug-likeness (QED) is 0.709. The molecule has 0 spiro atoms. The van der Waals surface area contributed by atoms with Gasteiger partial charge in [0.15, 0.2) is 0 Å². The molecule has 0 aliphatic rings. The zero-order valence-electron chi connectivity index (χ0n) is 5.82. The summed E-state index contributed by atoms with van der Waals surface area (Å²) in [5.41, 5.74) is 0.888. The predicted octanol–water partition coefficient (Wildman–Crippen LogP) is 0.851. The number of aromatic nitrogens is 2. The highest BCUT2D eigenvalue weighted by atomic mass is 32.1. The van der Waals surface area contributed by atoms with Gasteiger partial charge in [0.1, 0.15) is 0 Å². The maximum absolute atomic E-state index is 9.17. The van der Waals surface area contributed by atoms with Gasteiger partial charge in [-0.3, -0.25) is 0 Å². The normalized spacial score (nSPS) is 13.4. The van der Waals surface area contributed by atoms with Crippen LogP contribution in [0.1, 0.15) is 19.0 Å². The summed E-state index contributed by atoms with van der Waals surface area (Å²) in [7, 11) is 0. The van der Waals surface area contributed by atoms with E-state index in [1.165, 1.54) is 11.7 Å². The summed E-state index contributed by atoms with van der Waals surface area (Å²) >= 11 is 1.18. The molecule has 4 heteroatoms. The summed E-state index contributed by atoms with van der Waals surface area (Å²) in [5, 5.41) is 9.17. The Labute approximate surface area is 64.0 Å². The lowest BCUT2D eigenvalue weighted by Gasteiger charge is -2.02. The smallest absolute Gasteiger partial charge is 0.0768 e. The summed E-state index contributed by atoms with van der Waals surface area (Å²) < 4.78 is 7.80. The van der Waals surface area contributed by atoms with Crippen LogP contribution in [0.4, 0.5) is 0 Å². The van der Waals surface area contributed by atoms with E-state index in [0.29, 0.717) is 6.42 Å². The fourth-order valence-corrected chi connectivity index (χ4v) is 1.10. The maximum atomic E-state index is 9.17. The van der Waals surface area contributed by atoms with Gasteiger partial charge in [-0.2, -0.15) is 8.75 Å². The summed E-state index contributed by atoms with van der Waals surface area (Å²) in [6, 6.07) is 0. The average molecular weight is 158 g/mol. The highest BCUT2D eigenvalue weighted by Gasteiger charge is 2.03. The van der Waals surface area contributed by atoms with E-state index in [4.69, 9.17) is 5.11 Å². The highest BCUT2D eigenvalue weighted by Crippen LogP contribution is 2.02. The molecule has 1 N–H and O–H groups in total. The molecule has 0 bridgehead atoms. The molecule has 0 radical (unpaired) electrons. The van der Waals surface area contributed by atoms with Gasteiger partial charge in [-0.05, 0) is 6.42 Å². The van der Waals surface area contributed by atoms with Crippen molar-refractivity contribution in [2.75, 3.05) is 0 Å². The Morgan fingerprint density at radius 1 is 1.80 bits per heavy atom. The fraction of sp³-hybridized carbons (Fsp3) is 0.667. The minimum absolute atomic E-state index is 0.260. The van der Waals surface area contributed by atoms with Crippen molar-refractivity contribution in [2.45, 2.75) is 25.9 Å². The van der Waals surface area contributed by atoms with Gasteiger partial charge in [0.2, 0.25) is 0 Å². The molecule has 56 valence electrons. The molecule has 0 saturated carbocycles. The van der Waals surface area contributed by atoms with Gasteiger partial charge in [0.05, 0.1) is 29.7 Å². The van der Waals surface area contributed by atoms with E-state index in [1.807, 2.05) is 6.92 Å². The molecular formula is C6H10N2OS. The third-order valence-electron chi connectivity index (χ3n) is 1.32. The van der Waals surface area contributed by atoms with E-state index in [-0.39, 0.29) is 6.10 Å². The van der Waals surface area contributed by atoms with Crippen molar-refractivity contribution in [2.24, 2.45) is 0 Å². The van der Waals surface area contributed by atoms with Crippen molar-refractivity contribution in [3.63, 3.8) is 0 Å². The van der Waals surface area contributed by atoms with Crippen LogP contribution in [0.2, 0.25) is 0 Å². The molecule has 0 aliphatic heterocycles. The summed E-state index contributed by atoms with van der Waals surface area (Å²) in [6.45, 7) is 1.95. The SMILES string of the molecule is CCC(O)Cc1cnsn1. The molecule has 0 amide bonds. The number of nitrogens with zero attached hydrogens (tertiary/aromatic N) is 2. The minimum Gasteiger partial charge on any atom is -0.393 e. The Hall–Kier alpha value is -0.480. The van der Waals surface area contributed by atoms with Crippen LogP contribution in [0.15, 0.2) is 6.20 Å². The Morgan fingerprint density at radius 2 is 2.60 bits per heavy atom. The lowest BCUT2D eigenvalue weighted by molar-refractivity contribution is 0.170. The van der Waals surface area contributed by atoms with E-state index in [1.54, 1.807) is 6.20 Å². The molecule has 0 saturated heterocycles. The third-order valence-corrected chi connectivity index (χ3v) is 1.84. The molecule has 1 rings (SSSR count). The van der Waals surface area contributed by atoms with Crippen LogP contribution in [-0.4, -0.2) is 20.0 Å². The molecule has 1 heterocycles. The molecule has 1 aromatic heterocycles. The standard InChI is InChI=1S/C6H10N2OS/c1-2-6(9)3-5-4-7-10-8-5/h4,6,9H,2-3H2,1H3. The first-order valence-electron chi connectivity index (χ1n) is 3.27. The lowest BCUT2D eigenvalue weighted by atomic mass is 10.2. The van der Waals surface area contributed by atoms with Crippen molar-refractivity contribution in [3.05, 3.63) is 11.9 Å². The second-order valence-electron chi connectivity index (χ2n) is 2.16. The summed E-state index contributed by atoms with van der Waals surface area (Å²) in [5.74, 6) is 0. The largest absolute Gasteiger partial charge is 0.393 e. The van der Waals surface area contributed by atoms with Gasteiger partial charge in [-0.1, -0.05) is 6.92 Å². The van der Waals surface area contributed by atoms with Crippen LogP contribution in [-0.2, 0) is 6.42 Å². The molecule has 0 aromatic carbocycles. The lowest BCUT2D eigenvalue weighted by Crippen LogP contribution is -2.08. The molecule has 1 aromatic rings. The molecule has 3 nitrogen and oxygen atoms in total. The van der Waals surface area contributed by atoms with Gasteiger partial charge in [0, 0.05) is 6.42 Å². The van der Waals surface area contributed by atoms with Crippen LogP contribution in [0, 0.1) is 0 Å². The van der Waals surface area contributed by atoms with E-state index >= 15 is 0 Å². The van der Waals surface area contributed by atoms with Crippen LogP contribution in [0.5, 0.6) is 0 Å². The van der Waals surface area contributed by atoms with E-state index in [0.717, 1.165) is 12.1 Å². The Kier molecular flexibility index (Phi) is 2.77. The first kappa shape index (κ1) is 7.63. The summed E-state index contributed by atoms with van der Waals surface area (Å²) in [6.07, 6.45) is 2.84. The van der Waals surface area contributed by atoms with Gasteiger partial charge in [-0.15, -0.1) is 0 Å². The number of aliphatic hydroxyl groups is 1. The molecule has 1 unspecified atom stereocenters. The predicted molar refractivity (Wildman–Crippen MR) is 39.9 cm³/mol. The van der Waals surface area contributed by atoms with E-state index < -0.39 is 0 Å². The van der Waals surface area contributed by atoms with Crippen LogP contribution in [0.3, 0.4) is 0 Å². The second-order valence-corrected chi connectivity index (χ2v) is 2.72. The monoisotopic (exact) mass is 158 g/mol. The molecule has 0 aliphatic carbocycles. The highest BCUT2D eigenvalue weighted by molar-refractivity contribution is 6.99. The van der Waals surface area contributed by atoms with E-state index in [9.17, 15) is 0 Å². The van der Waals surface area contributed by atoms with Crippen molar-refractivity contribution < 1.29 is 5.11 Å². The number of hydrogen-bond acceptors (Lipinski definition) is 4. The van der Waals surface area contributed by atoms with Crippen LogP contribution in [0.25, 0.3) is 0 Å². The van der Waals surface area contributed by atoms with Crippen molar-refractivity contribution in [3.8, 4) is 0 Å².